The van der Waals surface area contributed by atoms with Gasteiger partial charge in [-0.15, -0.1) is 5.10 Å². The van der Waals surface area contributed by atoms with Gasteiger partial charge in [0.25, 0.3) is 0 Å². The summed E-state index contributed by atoms with van der Waals surface area (Å²) in [5.41, 5.74) is 1.23. The maximum absolute atomic E-state index is 10.4. The Morgan fingerprint density at radius 3 is 3.09 bits per heavy atom. The lowest BCUT2D eigenvalue weighted by Gasteiger charge is -2.01. The third-order valence-electron chi connectivity index (χ3n) is 1.20. The van der Waals surface area contributed by atoms with Gasteiger partial charge in [0, 0.05) is 0 Å². The highest BCUT2D eigenvalue weighted by atomic mass is 16.7. The second-order valence-electron chi connectivity index (χ2n) is 2.12. The molecule has 0 unspecified atom stereocenters. The highest BCUT2D eigenvalue weighted by molar-refractivity contribution is 5.71. The molecule has 4 nitrogen and oxygen atoms in total. The van der Waals surface area contributed by atoms with Crippen LogP contribution in [0.1, 0.15) is 23.1 Å². The molecule has 0 aliphatic heterocycles. The molecule has 0 atom stereocenters. The Labute approximate surface area is 64.7 Å². The molecular formula is C7H10N2O2. The first kappa shape index (κ1) is 7.78. The zero-order valence-corrected chi connectivity index (χ0v) is 6.57. The minimum atomic E-state index is 0.448. The second kappa shape index (κ2) is 3.18. The van der Waals surface area contributed by atoms with Crippen LogP contribution in [0.2, 0.25) is 0 Å². The summed E-state index contributed by atoms with van der Waals surface area (Å²) in [5, 5.41) is 3.93. The number of aryl methyl sites for hydroxylation is 1. The van der Waals surface area contributed by atoms with Gasteiger partial charge in [-0.2, -0.15) is 0 Å². The van der Waals surface area contributed by atoms with E-state index in [1.54, 1.807) is 6.07 Å². The minimum Gasteiger partial charge on any atom is -0.396 e. The molecule has 60 valence electrons. The van der Waals surface area contributed by atoms with Crippen LogP contribution in [-0.4, -0.2) is 22.8 Å². The Hall–Kier alpha value is -1.32. The average Bonchev–Trinajstić information content (AvgIpc) is 2.32. The fourth-order valence-corrected chi connectivity index (χ4v) is 0.804. The molecule has 0 aliphatic rings. The SMILES string of the molecule is CCOn1nc(C)cc1C=O. The summed E-state index contributed by atoms with van der Waals surface area (Å²) in [6, 6.07) is 1.67. The van der Waals surface area contributed by atoms with Crippen LogP contribution in [0.15, 0.2) is 6.07 Å². The number of aromatic nitrogens is 2. The van der Waals surface area contributed by atoms with Crippen molar-refractivity contribution < 1.29 is 9.63 Å². The average molecular weight is 154 g/mol. The molecule has 0 aliphatic carbocycles. The van der Waals surface area contributed by atoms with Crippen molar-refractivity contribution >= 4 is 6.29 Å². The lowest BCUT2D eigenvalue weighted by atomic mass is 10.4. The van der Waals surface area contributed by atoms with E-state index < -0.39 is 0 Å². The van der Waals surface area contributed by atoms with E-state index in [-0.39, 0.29) is 0 Å². The minimum absolute atomic E-state index is 0.448. The van der Waals surface area contributed by atoms with Crippen LogP contribution in [0.4, 0.5) is 0 Å². The van der Waals surface area contributed by atoms with Crippen LogP contribution in [0.5, 0.6) is 0 Å². The Balaban J connectivity index is 2.92. The van der Waals surface area contributed by atoms with Gasteiger partial charge >= 0.3 is 0 Å². The van der Waals surface area contributed by atoms with Gasteiger partial charge in [-0.05, 0) is 19.9 Å². The summed E-state index contributed by atoms with van der Waals surface area (Å²) in [5.74, 6) is 0. The topological polar surface area (TPSA) is 44.1 Å². The van der Waals surface area contributed by atoms with Gasteiger partial charge in [-0.25, -0.2) is 0 Å². The summed E-state index contributed by atoms with van der Waals surface area (Å²) in [4.78, 5) is 16.6. The normalized spacial score (nSPS) is 9.64. The molecule has 1 heterocycles. The van der Waals surface area contributed by atoms with E-state index in [1.165, 1.54) is 4.85 Å². The zero-order chi connectivity index (χ0) is 8.27. The third kappa shape index (κ3) is 1.58. The van der Waals surface area contributed by atoms with Crippen molar-refractivity contribution in [2.24, 2.45) is 0 Å². The largest absolute Gasteiger partial charge is 0.396 e. The fourth-order valence-electron chi connectivity index (χ4n) is 0.804. The number of carbonyl (C=O) groups is 1. The lowest BCUT2D eigenvalue weighted by molar-refractivity contribution is 0.0811. The number of hydrogen-bond acceptors (Lipinski definition) is 3. The predicted octanol–water partition coefficient (Wildman–Crippen LogP) is 0.453. The summed E-state index contributed by atoms with van der Waals surface area (Å²) in [6.45, 7) is 4.15. The van der Waals surface area contributed by atoms with Crippen molar-refractivity contribution in [1.29, 1.82) is 0 Å². The Morgan fingerprint density at radius 1 is 1.82 bits per heavy atom. The molecule has 0 spiro atoms. The van der Waals surface area contributed by atoms with E-state index in [4.69, 9.17) is 4.84 Å². The van der Waals surface area contributed by atoms with Crippen molar-refractivity contribution in [3.05, 3.63) is 17.5 Å². The highest BCUT2D eigenvalue weighted by Gasteiger charge is 2.02. The summed E-state index contributed by atoms with van der Waals surface area (Å²) >= 11 is 0. The molecule has 1 aromatic rings. The molecule has 0 saturated carbocycles. The summed E-state index contributed by atoms with van der Waals surface area (Å²) in [6.07, 6.45) is 0.718. The molecule has 1 aromatic heterocycles. The maximum atomic E-state index is 10.4. The van der Waals surface area contributed by atoms with Gasteiger partial charge in [-0.3, -0.25) is 4.79 Å². The molecule has 0 radical (unpaired) electrons. The van der Waals surface area contributed by atoms with E-state index in [9.17, 15) is 4.79 Å². The van der Waals surface area contributed by atoms with E-state index in [1.807, 2.05) is 13.8 Å². The van der Waals surface area contributed by atoms with Gasteiger partial charge in [-0.1, -0.05) is 4.85 Å². The van der Waals surface area contributed by atoms with E-state index in [0.29, 0.717) is 12.3 Å². The maximum Gasteiger partial charge on any atom is 0.171 e. The quantitative estimate of drug-likeness (QED) is 0.594. The first-order valence-electron chi connectivity index (χ1n) is 3.43. The molecule has 0 N–H and O–H groups in total. The van der Waals surface area contributed by atoms with Crippen LogP contribution in [0.25, 0.3) is 0 Å². The van der Waals surface area contributed by atoms with Gasteiger partial charge in [0.05, 0.1) is 5.69 Å². The van der Waals surface area contributed by atoms with Crippen LogP contribution in [-0.2, 0) is 0 Å². The smallest absolute Gasteiger partial charge is 0.171 e. The van der Waals surface area contributed by atoms with Gasteiger partial charge in [0.15, 0.2) is 6.29 Å². The zero-order valence-electron chi connectivity index (χ0n) is 6.57. The van der Waals surface area contributed by atoms with Crippen molar-refractivity contribution in [2.75, 3.05) is 6.61 Å². The second-order valence-corrected chi connectivity index (χ2v) is 2.12. The van der Waals surface area contributed by atoms with Crippen molar-refractivity contribution in [2.45, 2.75) is 13.8 Å². The first-order chi connectivity index (χ1) is 5.27. The van der Waals surface area contributed by atoms with Gasteiger partial charge < -0.3 is 4.84 Å². The van der Waals surface area contributed by atoms with Crippen LogP contribution >= 0.6 is 0 Å². The van der Waals surface area contributed by atoms with Crippen molar-refractivity contribution in [3.8, 4) is 0 Å². The summed E-state index contributed by atoms with van der Waals surface area (Å²) in [7, 11) is 0. The predicted molar refractivity (Wildman–Crippen MR) is 39.5 cm³/mol. The van der Waals surface area contributed by atoms with Gasteiger partial charge in [0.1, 0.15) is 12.3 Å². The molecular weight excluding hydrogens is 144 g/mol. The van der Waals surface area contributed by atoms with E-state index >= 15 is 0 Å². The molecule has 1 rings (SSSR count). The van der Waals surface area contributed by atoms with E-state index in [0.717, 1.165) is 12.0 Å². The number of carbonyl (C=O) groups excluding carboxylic acids is 1. The molecule has 4 heteroatoms. The van der Waals surface area contributed by atoms with Crippen LogP contribution in [0.3, 0.4) is 0 Å². The lowest BCUT2D eigenvalue weighted by Crippen LogP contribution is -2.15. The molecule has 11 heavy (non-hydrogen) atoms. The summed E-state index contributed by atoms with van der Waals surface area (Å²) < 4.78 is 0. The van der Waals surface area contributed by atoms with Crippen molar-refractivity contribution in [1.82, 2.24) is 9.94 Å². The van der Waals surface area contributed by atoms with Gasteiger partial charge in [0.2, 0.25) is 0 Å². The van der Waals surface area contributed by atoms with Crippen molar-refractivity contribution in [3.63, 3.8) is 0 Å². The Kier molecular flexibility index (Phi) is 2.25. The molecule has 0 saturated heterocycles. The van der Waals surface area contributed by atoms with Crippen LogP contribution in [0, 0.1) is 6.92 Å². The first-order valence-corrected chi connectivity index (χ1v) is 3.43. The monoisotopic (exact) mass is 154 g/mol. The number of rotatable bonds is 3. The molecule has 0 fully saturated rings. The number of aldehydes is 1. The standard InChI is InChI=1S/C7H10N2O2/c1-3-11-9-7(5-10)4-6(2)8-9/h4-5H,3H2,1-2H3. The molecule has 0 amide bonds. The number of hydrogen-bond donors (Lipinski definition) is 0. The highest BCUT2D eigenvalue weighted by Crippen LogP contribution is 1.97. The Morgan fingerprint density at radius 2 is 2.55 bits per heavy atom. The number of nitrogens with zero attached hydrogens (tertiary/aromatic N) is 2. The third-order valence-corrected chi connectivity index (χ3v) is 1.20. The molecule has 0 bridgehead atoms. The van der Waals surface area contributed by atoms with Crippen LogP contribution < -0.4 is 4.84 Å². The Bertz CT molecular complexity index is 255. The van der Waals surface area contributed by atoms with E-state index in [2.05, 4.69) is 5.10 Å². The fraction of sp³-hybridized carbons (Fsp3) is 0.429. The molecule has 0 aromatic carbocycles.